The first-order valence-corrected chi connectivity index (χ1v) is 7.34. The molecule has 0 bridgehead atoms. The number of aromatic nitrogens is 3. The average molecular weight is 288 g/mol. The lowest BCUT2D eigenvalue weighted by Crippen LogP contribution is -2.41. The summed E-state index contributed by atoms with van der Waals surface area (Å²) >= 11 is 0. The summed E-state index contributed by atoms with van der Waals surface area (Å²) in [5, 5.41) is 14.3. The minimum absolute atomic E-state index is 0.0119. The van der Waals surface area contributed by atoms with Crippen molar-refractivity contribution in [1.82, 2.24) is 14.8 Å². The van der Waals surface area contributed by atoms with Gasteiger partial charge in [0.05, 0.1) is 6.61 Å². The summed E-state index contributed by atoms with van der Waals surface area (Å²) in [5.41, 5.74) is 6.53. The van der Waals surface area contributed by atoms with Gasteiger partial charge in [0.25, 0.3) is 0 Å². The molecule has 1 aromatic carbocycles. The van der Waals surface area contributed by atoms with E-state index in [-0.39, 0.29) is 6.61 Å². The quantitative estimate of drug-likeness (QED) is 0.806. The van der Waals surface area contributed by atoms with Crippen molar-refractivity contribution in [1.29, 1.82) is 0 Å². The molecule has 0 aliphatic carbocycles. The Morgan fingerprint density at radius 3 is 2.57 bits per heavy atom. The molecule has 0 saturated carbocycles. The van der Waals surface area contributed by atoms with Gasteiger partial charge in [-0.2, -0.15) is 5.10 Å². The van der Waals surface area contributed by atoms with Crippen molar-refractivity contribution in [2.24, 2.45) is 11.7 Å². The Labute approximate surface area is 125 Å². The zero-order chi connectivity index (χ0) is 15.3. The van der Waals surface area contributed by atoms with Crippen LogP contribution in [-0.4, -0.2) is 33.0 Å². The van der Waals surface area contributed by atoms with Gasteiger partial charge in [-0.15, -0.1) is 0 Å². The van der Waals surface area contributed by atoms with Crippen LogP contribution >= 0.6 is 0 Å². The second-order valence-corrected chi connectivity index (χ2v) is 5.94. The third kappa shape index (κ3) is 3.49. The molecule has 21 heavy (non-hydrogen) atoms. The normalized spacial score (nSPS) is 14.3. The molecule has 3 N–H and O–H groups in total. The van der Waals surface area contributed by atoms with E-state index in [1.807, 2.05) is 35.0 Å². The number of nitrogens with zero attached hydrogens (tertiary/aromatic N) is 3. The molecule has 1 aromatic heterocycles. The van der Waals surface area contributed by atoms with Crippen molar-refractivity contribution in [2.75, 3.05) is 13.2 Å². The molecule has 2 rings (SSSR count). The van der Waals surface area contributed by atoms with E-state index in [0.29, 0.717) is 18.9 Å². The van der Waals surface area contributed by atoms with Crippen LogP contribution in [0.15, 0.2) is 36.7 Å². The fourth-order valence-corrected chi connectivity index (χ4v) is 2.52. The predicted molar refractivity (Wildman–Crippen MR) is 82.8 cm³/mol. The Kier molecular flexibility index (Phi) is 5.09. The highest BCUT2D eigenvalue weighted by Gasteiger charge is 2.32. The van der Waals surface area contributed by atoms with E-state index in [1.165, 1.54) is 0 Å². The fraction of sp³-hybridized carbons (Fsp3) is 0.500. The maximum absolute atomic E-state index is 9.96. The van der Waals surface area contributed by atoms with Gasteiger partial charge in [0.15, 0.2) is 0 Å². The lowest BCUT2D eigenvalue weighted by atomic mass is 9.78. The highest BCUT2D eigenvalue weighted by Crippen LogP contribution is 2.26. The molecule has 0 amide bonds. The molecule has 0 aliphatic heterocycles. The van der Waals surface area contributed by atoms with Gasteiger partial charge in [0.1, 0.15) is 12.2 Å². The largest absolute Gasteiger partial charge is 0.395 e. The SMILES string of the molecule is CC(C)Cn1ncnc1CC(CN)(CO)c1ccccc1. The average Bonchev–Trinajstić information content (AvgIpc) is 2.92. The molecule has 0 spiro atoms. The van der Waals surface area contributed by atoms with Crippen molar-refractivity contribution >= 4 is 0 Å². The van der Waals surface area contributed by atoms with Crippen LogP contribution < -0.4 is 5.73 Å². The zero-order valence-electron chi connectivity index (χ0n) is 12.7. The second-order valence-electron chi connectivity index (χ2n) is 5.94. The van der Waals surface area contributed by atoms with E-state index >= 15 is 0 Å². The first kappa shape index (κ1) is 15.7. The number of rotatable bonds is 7. The Balaban J connectivity index is 2.31. The number of aliphatic hydroxyl groups is 1. The standard InChI is InChI=1S/C16H24N4O/c1-13(2)9-20-15(18-12-19-20)8-16(10-17,11-21)14-6-4-3-5-7-14/h3-7,12-13,21H,8-11,17H2,1-2H3. The van der Waals surface area contributed by atoms with Gasteiger partial charge in [-0.1, -0.05) is 44.2 Å². The van der Waals surface area contributed by atoms with Crippen LogP contribution in [0.3, 0.4) is 0 Å². The van der Waals surface area contributed by atoms with E-state index in [1.54, 1.807) is 6.33 Å². The molecule has 1 heterocycles. The summed E-state index contributed by atoms with van der Waals surface area (Å²) < 4.78 is 1.91. The first-order chi connectivity index (χ1) is 10.1. The van der Waals surface area contributed by atoms with E-state index in [4.69, 9.17) is 5.73 Å². The van der Waals surface area contributed by atoms with Gasteiger partial charge in [-0.3, -0.25) is 0 Å². The third-order valence-electron chi connectivity index (χ3n) is 3.81. The Hall–Kier alpha value is -1.72. The zero-order valence-corrected chi connectivity index (χ0v) is 12.7. The summed E-state index contributed by atoms with van der Waals surface area (Å²) in [6, 6.07) is 9.91. The topological polar surface area (TPSA) is 77.0 Å². The van der Waals surface area contributed by atoms with E-state index in [2.05, 4.69) is 23.9 Å². The first-order valence-electron chi connectivity index (χ1n) is 7.34. The molecule has 1 atom stereocenters. The van der Waals surface area contributed by atoms with Crippen LogP contribution in [0.25, 0.3) is 0 Å². The summed E-state index contributed by atoms with van der Waals surface area (Å²) in [5.74, 6) is 1.36. The highest BCUT2D eigenvalue weighted by atomic mass is 16.3. The maximum atomic E-state index is 9.96. The van der Waals surface area contributed by atoms with Gasteiger partial charge in [0, 0.05) is 24.9 Å². The number of aliphatic hydroxyl groups excluding tert-OH is 1. The Morgan fingerprint density at radius 2 is 2.00 bits per heavy atom. The second kappa shape index (κ2) is 6.83. The molecule has 0 radical (unpaired) electrons. The molecule has 0 aliphatic rings. The minimum atomic E-state index is -0.511. The van der Waals surface area contributed by atoms with E-state index in [9.17, 15) is 5.11 Å². The molecule has 0 saturated heterocycles. The van der Waals surface area contributed by atoms with Crippen molar-refractivity contribution in [2.45, 2.75) is 32.2 Å². The number of benzene rings is 1. The number of nitrogens with two attached hydrogens (primary N) is 1. The van der Waals surface area contributed by atoms with Crippen molar-refractivity contribution in [3.63, 3.8) is 0 Å². The lowest BCUT2D eigenvalue weighted by molar-refractivity contribution is 0.192. The minimum Gasteiger partial charge on any atom is -0.395 e. The summed E-state index contributed by atoms with van der Waals surface area (Å²) in [4.78, 5) is 4.36. The summed E-state index contributed by atoms with van der Waals surface area (Å²) in [6.45, 7) is 5.45. The summed E-state index contributed by atoms with van der Waals surface area (Å²) in [6.07, 6.45) is 2.15. The molecule has 5 heteroatoms. The van der Waals surface area contributed by atoms with Crippen molar-refractivity contribution in [3.8, 4) is 0 Å². The van der Waals surface area contributed by atoms with E-state index < -0.39 is 5.41 Å². The van der Waals surface area contributed by atoms with Crippen LogP contribution in [0.4, 0.5) is 0 Å². The number of hydrogen-bond donors (Lipinski definition) is 2. The maximum Gasteiger partial charge on any atom is 0.138 e. The van der Waals surface area contributed by atoms with Crippen molar-refractivity contribution < 1.29 is 5.11 Å². The van der Waals surface area contributed by atoms with Crippen LogP contribution in [0.5, 0.6) is 0 Å². The van der Waals surface area contributed by atoms with E-state index in [0.717, 1.165) is 17.9 Å². The highest BCUT2D eigenvalue weighted by molar-refractivity contribution is 5.27. The lowest BCUT2D eigenvalue weighted by Gasteiger charge is -2.31. The molecule has 5 nitrogen and oxygen atoms in total. The van der Waals surface area contributed by atoms with Crippen LogP contribution in [-0.2, 0) is 18.4 Å². The third-order valence-corrected chi connectivity index (χ3v) is 3.81. The Bertz CT molecular complexity index is 546. The molecule has 1 unspecified atom stereocenters. The Morgan fingerprint density at radius 1 is 1.29 bits per heavy atom. The van der Waals surface area contributed by atoms with Gasteiger partial charge in [-0.05, 0) is 11.5 Å². The summed E-state index contributed by atoms with van der Waals surface area (Å²) in [7, 11) is 0. The monoisotopic (exact) mass is 288 g/mol. The van der Waals surface area contributed by atoms with Crippen LogP contribution in [0.1, 0.15) is 25.2 Å². The predicted octanol–water partition coefficient (Wildman–Crippen LogP) is 1.37. The van der Waals surface area contributed by atoms with Crippen molar-refractivity contribution in [3.05, 3.63) is 48.0 Å². The van der Waals surface area contributed by atoms with Gasteiger partial charge in [0.2, 0.25) is 0 Å². The molecule has 2 aromatic rings. The van der Waals surface area contributed by atoms with Gasteiger partial charge in [-0.25, -0.2) is 9.67 Å². The van der Waals surface area contributed by atoms with Crippen LogP contribution in [0, 0.1) is 5.92 Å². The number of hydrogen-bond acceptors (Lipinski definition) is 4. The molecular formula is C16H24N4O. The molecule has 0 fully saturated rings. The van der Waals surface area contributed by atoms with Crippen LogP contribution in [0.2, 0.25) is 0 Å². The molecular weight excluding hydrogens is 264 g/mol. The molecule has 114 valence electrons. The van der Waals surface area contributed by atoms with Gasteiger partial charge < -0.3 is 10.8 Å². The smallest absolute Gasteiger partial charge is 0.138 e. The van der Waals surface area contributed by atoms with Gasteiger partial charge >= 0.3 is 0 Å². The fourth-order valence-electron chi connectivity index (χ4n) is 2.52.